The van der Waals surface area contributed by atoms with Gasteiger partial charge in [-0.1, -0.05) is 34.8 Å². The molecule has 0 heterocycles. The van der Waals surface area contributed by atoms with Gasteiger partial charge < -0.3 is 0 Å². The molecule has 52 valence electrons. The number of nitrogens with one attached hydrogen (secondary N) is 1. The molecular formula is C3H2Cl3NO2. The first-order valence-corrected chi connectivity index (χ1v) is 2.93. The van der Waals surface area contributed by atoms with Crippen molar-refractivity contribution in [1.82, 2.24) is 5.32 Å². The Labute approximate surface area is 66.3 Å². The van der Waals surface area contributed by atoms with Crippen molar-refractivity contribution in [1.29, 1.82) is 0 Å². The van der Waals surface area contributed by atoms with E-state index in [4.69, 9.17) is 34.8 Å². The Morgan fingerprint density at radius 1 is 1.44 bits per heavy atom. The maximum Gasteiger partial charge on any atom is 0.278 e. The molecule has 0 rings (SSSR count). The molecule has 0 aliphatic rings. The van der Waals surface area contributed by atoms with Crippen LogP contribution in [0.3, 0.4) is 0 Å². The van der Waals surface area contributed by atoms with E-state index in [1.807, 2.05) is 0 Å². The zero-order chi connectivity index (χ0) is 7.49. The van der Waals surface area contributed by atoms with Crippen molar-refractivity contribution in [2.24, 2.45) is 0 Å². The zero-order valence-corrected chi connectivity index (χ0v) is 6.30. The van der Waals surface area contributed by atoms with Crippen LogP contribution in [-0.2, 0) is 9.59 Å². The molecular weight excluding hydrogens is 188 g/mol. The van der Waals surface area contributed by atoms with E-state index in [2.05, 4.69) is 0 Å². The van der Waals surface area contributed by atoms with Gasteiger partial charge >= 0.3 is 0 Å². The fourth-order valence-corrected chi connectivity index (χ4v) is 0.299. The van der Waals surface area contributed by atoms with E-state index in [1.54, 1.807) is 5.32 Å². The third-order valence-corrected chi connectivity index (χ3v) is 0.962. The average Bonchev–Trinajstić information content (AvgIpc) is 1.64. The van der Waals surface area contributed by atoms with Gasteiger partial charge in [-0.2, -0.15) is 0 Å². The Bertz CT molecular complexity index is 130. The molecule has 0 spiro atoms. The molecule has 0 atom stereocenters. The zero-order valence-electron chi connectivity index (χ0n) is 4.03. The minimum atomic E-state index is -2.05. The lowest BCUT2D eigenvalue weighted by Crippen LogP contribution is -2.33. The SMILES string of the molecule is O=CNC(=O)C(Cl)(Cl)Cl. The van der Waals surface area contributed by atoms with Crippen LogP contribution in [0.4, 0.5) is 0 Å². The molecule has 0 fully saturated rings. The van der Waals surface area contributed by atoms with Crippen molar-refractivity contribution in [2.45, 2.75) is 3.79 Å². The fraction of sp³-hybridized carbons (Fsp3) is 0.333. The van der Waals surface area contributed by atoms with Crippen molar-refractivity contribution in [3.05, 3.63) is 0 Å². The van der Waals surface area contributed by atoms with Crippen LogP contribution in [0.2, 0.25) is 0 Å². The number of amides is 2. The standard InChI is InChI=1S/C3H2Cl3NO2/c4-3(5,6)2(9)7-1-8/h1H,(H,7,8,9). The summed E-state index contributed by atoms with van der Waals surface area (Å²) in [5.41, 5.74) is 0. The highest BCUT2D eigenvalue weighted by molar-refractivity contribution is 6.76. The van der Waals surface area contributed by atoms with Gasteiger partial charge in [-0.05, 0) is 0 Å². The maximum absolute atomic E-state index is 10.3. The van der Waals surface area contributed by atoms with E-state index in [0.717, 1.165) is 0 Å². The molecule has 6 heteroatoms. The summed E-state index contributed by atoms with van der Waals surface area (Å²) in [6.45, 7) is 0. The summed E-state index contributed by atoms with van der Waals surface area (Å²) < 4.78 is -2.05. The second-order valence-electron chi connectivity index (χ2n) is 1.09. The Morgan fingerprint density at radius 3 is 2.00 bits per heavy atom. The molecule has 0 bridgehead atoms. The monoisotopic (exact) mass is 189 g/mol. The Balaban J connectivity index is 3.88. The lowest BCUT2D eigenvalue weighted by molar-refractivity contribution is -0.124. The molecule has 0 saturated carbocycles. The molecule has 0 aromatic rings. The van der Waals surface area contributed by atoms with Gasteiger partial charge in [0.25, 0.3) is 9.70 Å². The molecule has 0 aromatic heterocycles. The summed E-state index contributed by atoms with van der Waals surface area (Å²) in [5.74, 6) is -0.956. The highest BCUT2D eigenvalue weighted by atomic mass is 35.6. The van der Waals surface area contributed by atoms with Crippen molar-refractivity contribution in [2.75, 3.05) is 0 Å². The summed E-state index contributed by atoms with van der Waals surface area (Å²) in [5, 5.41) is 1.67. The van der Waals surface area contributed by atoms with Crippen molar-refractivity contribution >= 4 is 47.1 Å². The highest BCUT2D eigenvalue weighted by Gasteiger charge is 2.29. The predicted octanol–water partition coefficient (Wildman–Crippen LogP) is 0.629. The number of carbonyl (C=O) groups is 2. The second kappa shape index (κ2) is 3.25. The second-order valence-corrected chi connectivity index (χ2v) is 3.37. The van der Waals surface area contributed by atoms with Gasteiger partial charge in [0, 0.05) is 0 Å². The Kier molecular flexibility index (Phi) is 3.25. The summed E-state index contributed by atoms with van der Waals surface area (Å²) in [6.07, 6.45) is 0.143. The number of imide groups is 1. The Hall–Kier alpha value is 0.01000. The molecule has 1 N–H and O–H groups in total. The van der Waals surface area contributed by atoms with Gasteiger partial charge in [0.1, 0.15) is 0 Å². The number of halogens is 3. The van der Waals surface area contributed by atoms with Crippen LogP contribution in [0.15, 0.2) is 0 Å². The van der Waals surface area contributed by atoms with E-state index in [1.165, 1.54) is 0 Å². The molecule has 0 aromatic carbocycles. The number of alkyl halides is 3. The fourth-order valence-electron chi connectivity index (χ4n) is 0.135. The largest absolute Gasteiger partial charge is 0.295 e. The van der Waals surface area contributed by atoms with Crippen LogP contribution < -0.4 is 5.32 Å². The minimum absolute atomic E-state index is 0.143. The summed E-state index contributed by atoms with van der Waals surface area (Å²) in [7, 11) is 0. The number of carbonyl (C=O) groups excluding carboxylic acids is 2. The lowest BCUT2D eigenvalue weighted by Gasteiger charge is -2.05. The van der Waals surface area contributed by atoms with Gasteiger partial charge in [0.05, 0.1) is 0 Å². The molecule has 0 unspecified atom stereocenters. The van der Waals surface area contributed by atoms with E-state index >= 15 is 0 Å². The lowest BCUT2D eigenvalue weighted by atomic mass is 10.7. The number of rotatable bonds is 1. The average molecular weight is 190 g/mol. The van der Waals surface area contributed by atoms with Crippen LogP contribution in [0, 0.1) is 0 Å². The maximum atomic E-state index is 10.3. The van der Waals surface area contributed by atoms with Crippen LogP contribution in [-0.4, -0.2) is 16.1 Å². The highest BCUT2D eigenvalue weighted by Crippen LogP contribution is 2.25. The van der Waals surface area contributed by atoms with E-state index in [0.29, 0.717) is 0 Å². The molecule has 0 aliphatic heterocycles. The van der Waals surface area contributed by atoms with E-state index in [9.17, 15) is 9.59 Å². The smallest absolute Gasteiger partial charge is 0.278 e. The minimum Gasteiger partial charge on any atom is -0.295 e. The summed E-state index contributed by atoms with van der Waals surface area (Å²) in [4.78, 5) is 19.9. The first-order valence-electron chi connectivity index (χ1n) is 1.80. The number of hydrogen-bond acceptors (Lipinski definition) is 2. The molecule has 0 radical (unpaired) electrons. The summed E-state index contributed by atoms with van der Waals surface area (Å²) >= 11 is 15.1. The van der Waals surface area contributed by atoms with Gasteiger partial charge in [-0.3, -0.25) is 14.9 Å². The quantitative estimate of drug-likeness (QED) is 0.487. The summed E-state index contributed by atoms with van der Waals surface area (Å²) in [6, 6.07) is 0. The molecule has 2 amide bonds. The predicted molar refractivity (Wildman–Crippen MR) is 34.5 cm³/mol. The van der Waals surface area contributed by atoms with Crippen LogP contribution >= 0.6 is 34.8 Å². The topological polar surface area (TPSA) is 46.2 Å². The molecule has 3 nitrogen and oxygen atoms in total. The first kappa shape index (κ1) is 9.01. The number of hydrogen-bond donors (Lipinski definition) is 1. The van der Waals surface area contributed by atoms with Gasteiger partial charge in [-0.15, -0.1) is 0 Å². The molecule has 9 heavy (non-hydrogen) atoms. The van der Waals surface area contributed by atoms with Crippen molar-refractivity contribution < 1.29 is 9.59 Å². The van der Waals surface area contributed by atoms with Crippen LogP contribution in [0.25, 0.3) is 0 Å². The van der Waals surface area contributed by atoms with E-state index in [-0.39, 0.29) is 6.41 Å². The van der Waals surface area contributed by atoms with Gasteiger partial charge in [-0.25, -0.2) is 0 Å². The molecule has 0 saturated heterocycles. The Morgan fingerprint density at radius 2 is 1.89 bits per heavy atom. The normalized spacial score (nSPS) is 10.6. The van der Waals surface area contributed by atoms with Crippen molar-refractivity contribution in [3.63, 3.8) is 0 Å². The van der Waals surface area contributed by atoms with Crippen molar-refractivity contribution in [3.8, 4) is 0 Å². The van der Waals surface area contributed by atoms with E-state index < -0.39 is 9.70 Å². The van der Waals surface area contributed by atoms with Crippen LogP contribution in [0.1, 0.15) is 0 Å². The molecule has 0 aliphatic carbocycles. The third kappa shape index (κ3) is 3.56. The van der Waals surface area contributed by atoms with Gasteiger partial charge in [0.2, 0.25) is 6.41 Å². The third-order valence-electron chi connectivity index (χ3n) is 0.447. The van der Waals surface area contributed by atoms with Gasteiger partial charge in [0.15, 0.2) is 0 Å². The first-order chi connectivity index (χ1) is 3.98. The van der Waals surface area contributed by atoms with Crippen LogP contribution in [0.5, 0.6) is 0 Å².